The van der Waals surface area contributed by atoms with Crippen molar-refractivity contribution in [1.82, 2.24) is 4.90 Å². The number of anilines is 2. The number of rotatable bonds is 3. The number of nitrogens with zero attached hydrogens (tertiary/aromatic N) is 1. The fourth-order valence-corrected chi connectivity index (χ4v) is 2.41. The Kier molecular flexibility index (Phi) is 4.27. The Morgan fingerprint density at radius 2 is 2.05 bits per heavy atom. The summed E-state index contributed by atoms with van der Waals surface area (Å²) in [4.78, 5) is 14.2. The van der Waals surface area contributed by atoms with Crippen LogP contribution in [-0.4, -0.2) is 36.6 Å². The molecule has 1 fully saturated rings. The van der Waals surface area contributed by atoms with Crippen molar-refractivity contribution in [2.45, 2.75) is 25.9 Å². The average Bonchev–Trinajstić information content (AvgIpc) is 2.39. The molecule has 1 aromatic rings. The van der Waals surface area contributed by atoms with E-state index in [-0.39, 0.29) is 12.0 Å². The van der Waals surface area contributed by atoms with Gasteiger partial charge in [-0.3, -0.25) is 4.79 Å². The van der Waals surface area contributed by atoms with Crippen LogP contribution in [0.2, 0.25) is 0 Å². The van der Waals surface area contributed by atoms with Crippen molar-refractivity contribution in [3.8, 4) is 0 Å². The molecule has 5 heteroatoms. The minimum Gasteiger partial charge on any atom is -0.399 e. The number of nitrogen functional groups attached to an aromatic ring is 2. The highest BCUT2D eigenvalue weighted by atomic mass is 16.5. The van der Waals surface area contributed by atoms with E-state index in [0.717, 1.165) is 19.4 Å². The predicted octanol–water partition coefficient (Wildman–Crippen LogP) is 1.49. The minimum absolute atomic E-state index is 0.0209. The molecular formula is C14H21N3O2. The van der Waals surface area contributed by atoms with Gasteiger partial charge in [-0.25, -0.2) is 0 Å². The number of hydrogen-bond acceptors (Lipinski definition) is 4. The number of benzene rings is 1. The smallest absolute Gasteiger partial charge is 0.255 e. The van der Waals surface area contributed by atoms with E-state index in [1.54, 1.807) is 18.2 Å². The second-order valence-electron chi connectivity index (χ2n) is 4.79. The Morgan fingerprint density at radius 1 is 1.37 bits per heavy atom. The molecule has 1 amide bonds. The molecule has 1 heterocycles. The SMILES string of the molecule is CCOC1CCN(C(=O)c2ccc(N)cc2N)CC1. The van der Waals surface area contributed by atoms with Crippen LogP contribution >= 0.6 is 0 Å². The summed E-state index contributed by atoms with van der Waals surface area (Å²) in [6.07, 6.45) is 2.04. The van der Waals surface area contributed by atoms with Gasteiger partial charge in [-0.05, 0) is 38.0 Å². The minimum atomic E-state index is -0.0209. The first-order chi connectivity index (χ1) is 9.11. The number of carbonyl (C=O) groups is 1. The molecule has 0 bridgehead atoms. The van der Waals surface area contributed by atoms with Crippen LogP contribution in [0.25, 0.3) is 0 Å². The first-order valence-electron chi connectivity index (χ1n) is 6.67. The molecule has 0 radical (unpaired) electrons. The lowest BCUT2D eigenvalue weighted by Gasteiger charge is -2.32. The molecule has 0 saturated carbocycles. The van der Waals surface area contributed by atoms with E-state index in [1.807, 2.05) is 11.8 Å². The molecule has 2 rings (SSSR count). The molecule has 1 aliphatic rings. The number of carbonyl (C=O) groups excluding carboxylic acids is 1. The quantitative estimate of drug-likeness (QED) is 0.810. The van der Waals surface area contributed by atoms with Crippen LogP contribution < -0.4 is 11.5 Å². The summed E-state index contributed by atoms with van der Waals surface area (Å²) >= 11 is 0. The summed E-state index contributed by atoms with van der Waals surface area (Å²) < 4.78 is 5.58. The van der Waals surface area contributed by atoms with Crippen molar-refractivity contribution in [2.24, 2.45) is 0 Å². The van der Waals surface area contributed by atoms with E-state index in [0.29, 0.717) is 30.0 Å². The highest BCUT2D eigenvalue weighted by molar-refractivity contribution is 5.99. The Balaban J connectivity index is 2.01. The van der Waals surface area contributed by atoms with Crippen LogP contribution in [-0.2, 0) is 4.74 Å². The van der Waals surface area contributed by atoms with Crippen molar-refractivity contribution in [3.63, 3.8) is 0 Å². The molecule has 5 nitrogen and oxygen atoms in total. The number of ether oxygens (including phenoxy) is 1. The second kappa shape index (κ2) is 5.93. The first-order valence-corrected chi connectivity index (χ1v) is 6.67. The van der Waals surface area contributed by atoms with Crippen molar-refractivity contribution < 1.29 is 9.53 Å². The van der Waals surface area contributed by atoms with Gasteiger partial charge in [0.1, 0.15) is 0 Å². The molecule has 1 saturated heterocycles. The van der Waals surface area contributed by atoms with Crippen molar-refractivity contribution in [3.05, 3.63) is 23.8 Å². The highest BCUT2D eigenvalue weighted by Gasteiger charge is 2.24. The third-order valence-corrected chi connectivity index (χ3v) is 3.44. The lowest BCUT2D eigenvalue weighted by molar-refractivity contribution is 0.0146. The van der Waals surface area contributed by atoms with Gasteiger partial charge in [0, 0.05) is 31.1 Å². The van der Waals surface area contributed by atoms with E-state index in [2.05, 4.69) is 0 Å². The summed E-state index contributed by atoms with van der Waals surface area (Å²) in [7, 11) is 0. The van der Waals surface area contributed by atoms with Gasteiger partial charge in [0.05, 0.1) is 11.7 Å². The summed E-state index contributed by atoms with van der Waals surface area (Å²) in [6.45, 7) is 4.15. The lowest BCUT2D eigenvalue weighted by atomic mass is 10.1. The van der Waals surface area contributed by atoms with E-state index >= 15 is 0 Å². The fraction of sp³-hybridized carbons (Fsp3) is 0.500. The molecule has 19 heavy (non-hydrogen) atoms. The largest absolute Gasteiger partial charge is 0.399 e. The number of piperidine rings is 1. The number of hydrogen-bond donors (Lipinski definition) is 2. The summed E-state index contributed by atoms with van der Waals surface area (Å²) in [5.74, 6) is -0.0209. The monoisotopic (exact) mass is 263 g/mol. The van der Waals surface area contributed by atoms with Crippen molar-refractivity contribution >= 4 is 17.3 Å². The zero-order valence-electron chi connectivity index (χ0n) is 11.3. The third-order valence-electron chi connectivity index (χ3n) is 3.44. The molecule has 0 unspecified atom stereocenters. The Hall–Kier alpha value is -1.75. The van der Waals surface area contributed by atoms with Crippen LogP contribution in [0, 0.1) is 0 Å². The average molecular weight is 263 g/mol. The number of nitrogens with two attached hydrogens (primary N) is 2. The molecule has 1 aromatic carbocycles. The fourth-order valence-electron chi connectivity index (χ4n) is 2.41. The Labute approximate surface area is 113 Å². The van der Waals surface area contributed by atoms with Gasteiger partial charge < -0.3 is 21.1 Å². The molecular weight excluding hydrogens is 242 g/mol. The highest BCUT2D eigenvalue weighted by Crippen LogP contribution is 2.21. The zero-order valence-corrected chi connectivity index (χ0v) is 11.3. The van der Waals surface area contributed by atoms with Gasteiger partial charge in [0.2, 0.25) is 0 Å². The third kappa shape index (κ3) is 3.17. The van der Waals surface area contributed by atoms with E-state index in [1.165, 1.54) is 0 Å². The van der Waals surface area contributed by atoms with Crippen LogP contribution in [0.3, 0.4) is 0 Å². The van der Waals surface area contributed by atoms with Gasteiger partial charge >= 0.3 is 0 Å². The van der Waals surface area contributed by atoms with Crippen molar-refractivity contribution in [1.29, 1.82) is 0 Å². The molecule has 0 atom stereocenters. The zero-order chi connectivity index (χ0) is 13.8. The maximum Gasteiger partial charge on any atom is 0.255 e. The maximum atomic E-state index is 12.4. The molecule has 1 aliphatic heterocycles. The number of amides is 1. The van der Waals surface area contributed by atoms with Gasteiger partial charge in [-0.15, -0.1) is 0 Å². The topological polar surface area (TPSA) is 81.6 Å². The van der Waals surface area contributed by atoms with Crippen LogP contribution in [0.5, 0.6) is 0 Å². The van der Waals surface area contributed by atoms with Crippen LogP contribution in [0.1, 0.15) is 30.1 Å². The van der Waals surface area contributed by atoms with Gasteiger partial charge in [0.25, 0.3) is 5.91 Å². The molecule has 4 N–H and O–H groups in total. The number of likely N-dealkylation sites (tertiary alicyclic amines) is 1. The Bertz CT molecular complexity index is 454. The first kappa shape index (κ1) is 13.7. The predicted molar refractivity (Wildman–Crippen MR) is 75.8 cm³/mol. The standard InChI is InChI=1S/C14H21N3O2/c1-2-19-11-5-7-17(8-6-11)14(18)12-4-3-10(15)9-13(12)16/h3-4,9,11H,2,5-8,15-16H2,1H3. The van der Waals surface area contributed by atoms with Crippen molar-refractivity contribution in [2.75, 3.05) is 31.2 Å². The van der Waals surface area contributed by atoms with E-state index in [9.17, 15) is 4.79 Å². The maximum absolute atomic E-state index is 12.4. The molecule has 0 aliphatic carbocycles. The second-order valence-corrected chi connectivity index (χ2v) is 4.79. The lowest BCUT2D eigenvalue weighted by Crippen LogP contribution is -2.41. The van der Waals surface area contributed by atoms with E-state index < -0.39 is 0 Å². The normalized spacial score (nSPS) is 16.6. The van der Waals surface area contributed by atoms with E-state index in [4.69, 9.17) is 16.2 Å². The van der Waals surface area contributed by atoms with Crippen LogP contribution in [0.15, 0.2) is 18.2 Å². The molecule has 104 valence electrons. The molecule has 0 spiro atoms. The van der Waals surface area contributed by atoms with Gasteiger partial charge in [0.15, 0.2) is 0 Å². The molecule has 0 aromatic heterocycles. The van der Waals surface area contributed by atoms with Gasteiger partial charge in [-0.2, -0.15) is 0 Å². The summed E-state index contributed by atoms with van der Waals surface area (Å²) in [6, 6.07) is 5.03. The Morgan fingerprint density at radius 3 is 2.63 bits per heavy atom. The summed E-state index contributed by atoms with van der Waals surface area (Å²) in [5.41, 5.74) is 13.0. The van der Waals surface area contributed by atoms with Gasteiger partial charge in [-0.1, -0.05) is 0 Å². The summed E-state index contributed by atoms with van der Waals surface area (Å²) in [5, 5.41) is 0. The van der Waals surface area contributed by atoms with Crippen LogP contribution in [0.4, 0.5) is 11.4 Å².